The van der Waals surface area contributed by atoms with Crippen LogP contribution in [0.25, 0.3) is 0 Å². The smallest absolute Gasteiger partial charge is 0.326 e. The third-order valence-electron chi connectivity index (χ3n) is 8.49. The number of hydrogen-bond acceptors (Lipinski definition) is 6. The zero-order valence-corrected chi connectivity index (χ0v) is 26.0. The van der Waals surface area contributed by atoms with E-state index < -0.39 is 28.9 Å². The number of nitrogens with one attached hydrogen (secondary N) is 1. The van der Waals surface area contributed by atoms with Crippen LogP contribution in [0.15, 0.2) is 54.6 Å². The summed E-state index contributed by atoms with van der Waals surface area (Å²) >= 11 is 0. The maximum Gasteiger partial charge on any atom is 0.326 e. The van der Waals surface area contributed by atoms with Crippen molar-refractivity contribution in [2.75, 3.05) is 18.1 Å². The summed E-state index contributed by atoms with van der Waals surface area (Å²) in [5, 5.41) is 3.09. The first-order valence-corrected chi connectivity index (χ1v) is 15.6. The van der Waals surface area contributed by atoms with Gasteiger partial charge in [0.15, 0.2) is 0 Å². The molecule has 1 saturated carbocycles. The lowest BCUT2D eigenvalue weighted by molar-refractivity contribution is -0.153. The molecule has 4 rings (SSSR count). The van der Waals surface area contributed by atoms with E-state index in [2.05, 4.69) is 5.32 Å². The molecule has 1 aliphatic carbocycles. The SMILES string of the molecule is CCOC(=O)C(CCc1ccccc1)CC1(C(=O)NC2CCc3ccccc3N(CC(=O)OC(C)(C)C)C2=O)CCCC1. The molecular formula is C35H46N2O6. The molecular weight excluding hydrogens is 544 g/mol. The highest BCUT2D eigenvalue weighted by Crippen LogP contribution is 2.45. The van der Waals surface area contributed by atoms with Crippen molar-refractivity contribution in [1.29, 1.82) is 0 Å². The van der Waals surface area contributed by atoms with E-state index in [1.165, 1.54) is 4.90 Å². The van der Waals surface area contributed by atoms with Crippen LogP contribution in [0, 0.1) is 11.3 Å². The third kappa shape index (κ3) is 8.46. The number of esters is 2. The second kappa shape index (κ2) is 14.2. The summed E-state index contributed by atoms with van der Waals surface area (Å²) in [6, 6.07) is 16.7. The molecule has 2 amide bonds. The summed E-state index contributed by atoms with van der Waals surface area (Å²) in [5.41, 5.74) is 1.28. The van der Waals surface area contributed by atoms with Gasteiger partial charge in [0.2, 0.25) is 11.8 Å². The Morgan fingerprint density at radius 3 is 2.37 bits per heavy atom. The third-order valence-corrected chi connectivity index (χ3v) is 8.49. The van der Waals surface area contributed by atoms with Gasteiger partial charge in [-0.2, -0.15) is 0 Å². The Morgan fingerprint density at radius 1 is 1.02 bits per heavy atom. The Bertz CT molecular complexity index is 1280. The number of nitrogens with zero attached hydrogens (tertiary/aromatic N) is 1. The summed E-state index contributed by atoms with van der Waals surface area (Å²) in [4.78, 5) is 55.5. The number of benzene rings is 2. The van der Waals surface area contributed by atoms with Crippen molar-refractivity contribution in [3.8, 4) is 0 Å². The first-order chi connectivity index (χ1) is 20.5. The quantitative estimate of drug-likeness (QED) is 0.344. The van der Waals surface area contributed by atoms with Crippen molar-refractivity contribution in [3.63, 3.8) is 0 Å². The summed E-state index contributed by atoms with van der Waals surface area (Å²) in [5.74, 6) is -1.74. The van der Waals surface area contributed by atoms with Crippen molar-refractivity contribution in [2.24, 2.45) is 11.3 Å². The van der Waals surface area contributed by atoms with Gasteiger partial charge in [-0.15, -0.1) is 0 Å². The van der Waals surface area contributed by atoms with Crippen LogP contribution in [0.5, 0.6) is 0 Å². The van der Waals surface area contributed by atoms with E-state index in [0.717, 1.165) is 24.0 Å². The van der Waals surface area contributed by atoms with Gasteiger partial charge in [-0.05, 0) is 89.8 Å². The van der Waals surface area contributed by atoms with Crippen LogP contribution in [-0.2, 0) is 41.5 Å². The van der Waals surface area contributed by atoms with Gasteiger partial charge in [-0.1, -0.05) is 61.4 Å². The number of fused-ring (bicyclic) bond motifs is 1. The number of para-hydroxylation sites is 1. The van der Waals surface area contributed by atoms with Crippen molar-refractivity contribution in [1.82, 2.24) is 5.32 Å². The minimum atomic E-state index is -0.801. The fourth-order valence-electron chi connectivity index (χ4n) is 6.42. The van der Waals surface area contributed by atoms with Gasteiger partial charge in [0.25, 0.3) is 0 Å². The van der Waals surface area contributed by atoms with Crippen molar-refractivity contribution >= 4 is 29.4 Å². The zero-order chi connectivity index (χ0) is 31.0. The monoisotopic (exact) mass is 590 g/mol. The normalized spacial score (nSPS) is 18.7. The van der Waals surface area contributed by atoms with Gasteiger partial charge in [-0.3, -0.25) is 24.1 Å². The molecule has 43 heavy (non-hydrogen) atoms. The lowest BCUT2D eigenvalue weighted by Gasteiger charge is -2.33. The van der Waals surface area contributed by atoms with E-state index in [1.807, 2.05) is 54.6 Å². The first kappa shape index (κ1) is 32.2. The predicted octanol–water partition coefficient (Wildman–Crippen LogP) is 5.55. The molecule has 0 spiro atoms. The topological polar surface area (TPSA) is 102 Å². The maximum absolute atomic E-state index is 14.1. The molecule has 232 valence electrons. The highest BCUT2D eigenvalue weighted by molar-refractivity contribution is 6.03. The Kier molecular flexibility index (Phi) is 10.6. The molecule has 2 unspecified atom stereocenters. The van der Waals surface area contributed by atoms with Crippen LogP contribution < -0.4 is 10.2 Å². The summed E-state index contributed by atoms with van der Waals surface area (Å²) < 4.78 is 11.0. The molecule has 0 bridgehead atoms. The zero-order valence-electron chi connectivity index (χ0n) is 26.0. The Balaban J connectivity index is 1.54. The lowest BCUT2D eigenvalue weighted by Crippen LogP contribution is -2.53. The minimum absolute atomic E-state index is 0.194. The number of carbonyl (C=O) groups excluding carboxylic acids is 4. The molecule has 2 atom stereocenters. The van der Waals surface area contributed by atoms with Crippen LogP contribution in [0.3, 0.4) is 0 Å². The Hall–Kier alpha value is -3.68. The number of hydrogen-bond donors (Lipinski definition) is 1. The molecule has 8 nitrogen and oxygen atoms in total. The Morgan fingerprint density at radius 2 is 1.70 bits per heavy atom. The van der Waals surface area contributed by atoms with Crippen LogP contribution in [0.1, 0.15) is 83.8 Å². The number of aryl methyl sites for hydroxylation is 2. The average Bonchev–Trinajstić information content (AvgIpc) is 3.41. The largest absolute Gasteiger partial charge is 0.466 e. The molecule has 1 heterocycles. The maximum atomic E-state index is 14.1. The van der Waals surface area contributed by atoms with Gasteiger partial charge in [0.1, 0.15) is 18.2 Å². The minimum Gasteiger partial charge on any atom is -0.466 e. The molecule has 8 heteroatoms. The van der Waals surface area contributed by atoms with E-state index in [4.69, 9.17) is 9.47 Å². The Labute approximate surface area is 255 Å². The average molecular weight is 591 g/mol. The van der Waals surface area contributed by atoms with E-state index in [9.17, 15) is 19.2 Å². The highest BCUT2D eigenvalue weighted by Gasteiger charge is 2.46. The lowest BCUT2D eigenvalue weighted by atomic mass is 9.75. The number of ether oxygens (including phenoxy) is 2. The molecule has 0 saturated heterocycles. The number of rotatable bonds is 11. The molecule has 0 aromatic heterocycles. The van der Waals surface area contributed by atoms with Crippen LogP contribution in [-0.4, -0.2) is 48.5 Å². The number of anilines is 1. The molecule has 1 fully saturated rings. The number of amides is 2. The van der Waals surface area contributed by atoms with Crippen LogP contribution in [0.2, 0.25) is 0 Å². The summed E-state index contributed by atoms with van der Waals surface area (Å²) in [6.45, 7) is 7.20. The van der Waals surface area contributed by atoms with Crippen LogP contribution >= 0.6 is 0 Å². The van der Waals surface area contributed by atoms with E-state index in [1.54, 1.807) is 27.7 Å². The van der Waals surface area contributed by atoms with Gasteiger partial charge in [-0.25, -0.2) is 0 Å². The molecule has 1 N–H and O–H groups in total. The highest BCUT2D eigenvalue weighted by atomic mass is 16.6. The standard InChI is InChI=1S/C35H46N2O6/c1-5-42-32(40)27(18-17-25-13-7-6-8-14-25)23-35(21-11-12-22-35)33(41)36-28-20-19-26-15-9-10-16-29(26)37(31(28)39)24-30(38)43-34(2,3)4/h6-10,13-16,27-28H,5,11-12,17-24H2,1-4H3,(H,36,41). The van der Waals surface area contributed by atoms with Crippen molar-refractivity contribution in [3.05, 3.63) is 65.7 Å². The van der Waals surface area contributed by atoms with Gasteiger partial charge < -0.3 is 14.8 Å². The van der Waals surface area contributed by atoms with Crippen LogP contribution in [0.4, 0.5) is 5.69 Å². The second-order valence-corrected chi connectivity index (χ2v) is 12.9. The number of carbonyl (C=O) groups is 4. The fraction of sp³-hybridized carbons (Fsp3) is 0.543. The van der Waals surface area contributed by atoms with Gasteiger partial charge >= 0.3 is 11.9 Å². The second-order valence-electron chi connectivity index (χ2n) is 12.9. The van der Waals surface area contributed by atoms with E-state index in [0.29, 0.717) is 50.6 Å². The van der Waals surface area contributed by atoms with Crippen molar-refractivity contribution in [2.45, 2.75) is 97.1 Å². The van der Waals surface area contributed by atoms with Crippen molar-refractivity contribution < 1.29 is 28.7 Å². The molecule has 2 aliphatic rings. The summed E-state index contributed by atoms with van der Waals surface area (Å²) in [6.07, 6.45) is 5.75. The van der Waals surface area contributed by atoms with E-state index >= 15 is 0 Å². The molecule has 2 aromatic carbocycles. The van der Waals surface area contributed by atoms with E-state index in [-0.39, 0.29) is 30.9 Å². The first-order valence-electron chi connectivity index (χ1n) is 15.6. The summed E-state index contributed by atoms with van der Waals surface area (Å²) in [7, 11) is 0. The van der Waals surface area contributed by atoms with Gasteiger partial charge in [0, 0.05) is 5.69 Å². The predicted molar refractivity (Wildman–Crippen MR) is 165 cm³/mol. The molecule has 0 radical (unpaired) electrons. The fourth-order valence-corrected chi connectivity index (χ4v) is 6.42. The molecule has 1 aliphatic heterocycles. The molecule has 2 aromatic rings. The van der Waals surface area contributed by atoms with Gasteiger partial charge in [0.05, 0.1) is 17.9 Å².